The van der Waals surface area contributed by atoms with Gasteiger partial charge in [-0.3, -0.25) is 0 Å². The van der Waals surface area contributed by atoms with Crippen LogP contribution >= 0.6 is 0 Å². The Hall–Kier alpha value is -1.55. The number of aryl methyl sites for hydroxylation is 1. The quantitative estimate of drug-likeness (QED) is 0.743. The fraction of sp³-hybridized carbons (Fsp3) is 0.462. The number of benzene rings is 1. The van der Waals surface area contributed by atoms with Crippen molar-refractivity contribution in [1.82, 2.24) is 5.32 Å². The minimum Gasteiger partial charge on any atom is -0.334 e. The van der Waals surface area contributed by atoms with E-state index in [9.17, 15) is 4.79 Å². The molecule has 4 nitrogen and oxygen atoms in total. The highest BCUT2D eigenvalue weighted by Crippen LogP contribution is 2.32. The van der Waals surface area contributed by atoms with Crippen LogP contribution in [0.4, 0.5) is 10.5 Å². The fourth-order valence-corrected chi connectivity index (χ4v) is 1.93. The zero-order valence-electron chi connectivity index (χ0n) is 10.1. The van der Waals surface area contributed by atoms with E-state index < -0.39 is 0 Å². The second-order valence-electron chi connectivity index (χ2n) is 4.65. The normalized spacial score (nSPS) is 16.4. The fourth-order valence-electron chi connectivity index (χ4n) is 1.93. The summed E-state index contributed by atoms with van der Waals surface area (Å²) < 4.78 is 0. The molecule has 1 aliphatic carbocycles. The molecule has 4 N–H and O–H groups in total. The molecule has 1 atom stereocenters. The summed E-state index contributed by atoms with van der Waals surface area (Å²) in [5, 5.41) is 5.75. The minimum absolute atomic E-state index is 0.111. The average Bonchev–Trinajstić information content (AvgIpc) is 3.09. The molecule has 1 aromatic carbocycles. The number of hydrogen-bond donors (Lipinski definition) is 3. The Morgan fingerprint density at radius 2 is 2.29 bits per heavy atom. The molecular weight excluding hydrogens is 214 g/mol. The number of hydrogen-bond acceptors (Lipinski definition) is 2. The van der Waals surface area contributed by atoms with E-state index >= 15 is 0 Å². The molecule has 1 aliphatic rings. The summed E-state index contributed by atoms with van der Waals surface area (Å²) in [7, 11) is 0. The summed E-state index contributed by atoms with van der Waals surface area (Å²) in [6.07, 6.45) is 2.35. The molecule has 1 fully saturated rings. The summed E-state index contributed by atoms with van der Waals surface area (Å²) in [6, 6.07) is 7.68. The number of urea groups is 1. The standard InChI is InChI=1S/C13H19N3O/c1-9-3-2-4-11(7-9)15-13(17)16-12(8-14)10-5-6-10/h2-4,7,10,12H,5-6,8,14H2,1H3,(H2,15,16,17). The van der Waals surface area contributed by atoms with Crippen LogP contribution < -0.4 is 16.4 Å². The van der Waals surface area contributed by atoms with Gasteiger partial charge in [0.1, 0.15) is 0 Å². The van der Waals surface area contributed by atoms with Crippen LogP contribution in [0.2, 0.25) is 0 Å². The van der Waals surface area contributed by atoms with Gasteiger partial charge in [0.2, 0.25) is 0 Å². The topological polar surface area (TPSA) is 67.2 Å². The van der Waals surface area contributed by atoms with Gasteiger partial charge in [-0.05, 0) is 43.4 Å². The minimum atomic E-state index is -0.169. The van der Waals surface area contributed by atoms with Crippen LogP contribution in [0.1, 0.15) is 18.4 Å². The van der Waals surface area contributed by atoms with E-state index in [1.807, 2.05) is 31.2 Å². The Morgan fingerprint density at radius 1 is 1.53 bits per heavy atom. The van der Waals surface area contributed by atoms with Crippen molar-refractivity contribution in [3.05, 3.63) is 29.8 Å². The molecule has 92 valence electrons. The van der Waals surface area contributed by atoms with E-state index in [0.717, 1.165) is 11.3 Å². The first kappa shape index (κ1) is 11.9. The molecular formula is C13H19N3O. The highest BCUT2D eigenvalue weighted by Gasteiger charge is 2.31. The molecule has 2 rings (SSSR count). The lowest BCUT2D eigenvalue weighted by molar-refractivity contribution is 0.247. The number of carbonyl (C=O) groups excluding carboxylic acids is 1. The Bertz CT molecular complexity index is 401. The van der Waals surface area contributed by atoms with Crippen molar-refractivity contribution < 1.29 is 4.79 Å². The van der Waals surface area contributed by atoms with Crippen LogP contribution in [0.25, 0.3) is 0 Å². The van der Waals surface area contributed by atoms with Crippen molar-refractivity contribution in [2.75, 3.05) is 11.9 Å². The Labute approximate surface area is 102 Å². The molecule has 1 aromatic rings. The first-order chi connectivity index (χ1) is 8.19. The summed E-state index contributed by atoms with van der Waals surface area (Å²) in [6.45, 7) is 2.50. The first-order valence-corrected chi connectivity index (χ1v) is 6.03. The lowest BCUT2D eigenvalue weighted by Crippen LogP contribution is -2.43. The van der Waals surface area contributed by atoms with Gasteiger partial charge in [0.15, 0.2) is 0 Å². The number of nitrogens with one attached hydrogen (secondary N) is 2. The van der Waals surface area contributed by atoms with Crippen LogP contribution in [-0.2, 0) is 0 Å². The van der Waals surface area contributed by atoms with Crippen LogP contribution in [-0.4, -0.2) is 18.6 Å². The molecule has 0 aromatic heterocycles. The van der Waals surface area contributed by atoms with Gasteiger partial charge in [0.05, 0.1) is 0 Å². The number of anilines is 1. The van der Waals surface area contributed by atoms with E-state index in [0.29, 0.717) is 12.5 Å². The lowest BCUT2D eigenvalue weighted by Gasteiger charge is -2.16. The third-order valence-electron chi connectivity index (χ3n) is 3.04. The maximum Gasteiger partial charge on any atom is 0.319 e. The van der Waals surface area contributed by atoms with Crippen molar-refractivity contribution in [2.24, 2.45) is 11.7 Å². The van der Waals surface area contributed by atoms with Crippen LogP contribution in [0.15, 0.2) is 24.3 Å². The van der Waals surface area contributed by atoms with Gasteiger partial charge in [-0.25, -0.2) is 4.79 Å². The van der Waals surface area contributed by atoms with Crippen LogP contribution in [0.3, 0.4) is 0 Å². The zero-order valence-corrected chi connectivity index (χ0v) is 10.1. The van der Waals surface area contributed by atoms with Gasteiger partial charge >= 0.3 is 6.03 Å². The summed E-state index contributed by atoms with van der Waals surface area (Å²) in [4.78, 5) is 11.7. The monoisotopic (exact) mass is 233 g/mol. The van der Waals surface area contributed by atoms with Gasteiger partial charge < -0.3 is 16.4 Å². The molecule has 0 spiro atoms. The molecule has 0 aliphatic heterocycles. The van der Waals surface area contributed by atoms with Gasteiger partial charge in [-0.15, -0.1) is 0 Å². The lowest BCUT2D eigenvalue weighted by atomic mass is 10.2. The van der Waals surface area contributed by atoms with Gasteiger partial charge in [-0.1, -0.05) is 12.1 Å². The van der Waals surface area contributed by atoms with Crippen LogP contribution in [0, 0.1) is 12.8 Å². The summed E-state index contributed by atoms with van der Waals surface area (Å²) in [5.74, 6) is 0.572. The number of amides is 2. The van der Waals surface area contributed by atoms with Gasteiger partial charge in [0, 0.05) is 18.3 Å². The Kier molecular flexibility index (Phi) is 3.64. The second-order valence-corrected chi connectivity index (χ2v) is 4.65. The third kappa shape index (κ3) is 3.46. The predicted molar refractivity (Wildman–Crippen MR) is 68.9 cm³/mol. The maximum atomic E-state index is 11.7. The van der Waals surface area contributed by atoms with Gasteiger partial charge in [-0.2, -0.15) is 0 Å². The molecule has 0 heterocycles. The SMILES string of the molecule is Cc1cccc(NC(=O)NC(CN)C2CC2)c1. The van der Waals surface area contributed by atoms with E-state index in [1.54, 1.807) is 0 Å². The zero-order chi connectivity index (χ0) is 12.3. The van der Waals surface area contributed by atoms with Crippen molar-refractivity contribution in [3.63, 3.8) is 0 Å². The van der Waals surface area contributed by atoms with Crippen molar-refractivity contribution in [1.29, 1.82) is 0 Å². The van der Waals surface area contributed by atoms with Crippen LogP contribution in [0.5, 0.6) is 0 Å². The Morgan fingerprint density at radius 3 is 2.88 bits per heavy atom. The van der Waals surface area contributed by atoms with Crippen molar-refractivity contribution >= 4 is 11.7 Å². The molecule has 17 heavy (non-hydrogen) atoms. The highest BCUT2D eigenvalue weighted by molar-refractivity contribution is 5.89. The molecule has 0 bridgehead atoms. The number of carbonyl (C=O) groups is 1. The summed E-state index contributed by atoms with van der Waals surface area (Å²) >= 11 is 0. The number of nitrogens with two attached hydrogens (primary N) is 1. The summed E-state index contributed by atoms with van der Waals surface area (Å²) in [5.41, 5.74) is 7.58. The first-order valence-electron chi connectivity index (χ1n) is 6.03. The third-order valence-corrected chi connectivity index (χ3v) is 3.04. The highest BCUT2D eigenvalue weighted by atomic mass is 16.2. The number of rotatable bonds is 4. The maximum absolute atomic E-state index is 11.7. The van der Waals surface area contributed by atoms with E-state index in [1.165, 1.54) is 12.8 Å². The molecule has 1 unspecified atom stereocenters. The molecule has 0 saturated heterocycles. The molecule has 4 heteroatoms. The predicted octanol–water partition coefficient (Wildman–Crippen LogP) is 1.85. The van der Waals surface area contributed by atoms with Gasteiger partial charge in [0.25, 0.3) is 0 Å². The van der Waals surface area contributed by atoms with E-state index in [-0.39, 0.29) is 12.1 Å². The van der Waals surface area contributed by atoms with E-state index in [4.69, 9.17) is 5.73 Å². The Balaban J connectivity index is 1.88. The smallest absolute Gasteiger partial charge is 0.319 e. The molecule has 1 saturated carbocycles. The average molecular weight is 233 g/mol. The van der Waals surface area contributed by atoms with Crippen molar-refractivity contribution in [3.8, 4) is 0 Å². The molecule has 0 radical (unpaired) electrons. The molecule has 2 amide bonds. The van der Waals surface area contributed by atoms with E-state index in [2.05, 4.69) is 10.6 Å². The second kappa shape index (κ2) is 5.19. The van der Waals surface area contributed by atoms with Crippen molar-refractivity contribution in [2.45, 2.75) is 25.8 Å². The largest absolute Gasteiger partial charge is 0.334 e.